The molecule has 1 aromatic heterocycles. The van der Waals surface area contributed by atoms with Crippen molar-refractivity contribution in [1.29, 1.82) is 0 Å². The van der Waals surface area contributed by atoms with E-state index in [-0.39, 0.29) is 6.04 Å². The van der Waals surface area contributed by atoms with E-state index >= 15 is 0 Å². The van der Waals surface area contributed by atoms with Gasteiger partial charge in [0.05, 0.1) is 26.4 Å². The summed E-state index contributed by atoms with van der Waals surface area (Å²) in [5.74, 6) is 0.909. The lowest BCUT2D eigenvalue weighted by Crippen LogP contribution is -2.38. The molecule has 2 atom stereocenters. The highest BCUT2D eigenvalue weighted by molar-refractivity contribution is 5.86. The molecular formula is C23H27N3O2. The average molecular weight is 377 g/mol. The van der Waals surface area contributed by atoms with Crippen molar-refractivity contribution in [2.24, 2.45) is 0 Å². The highest BCUT2D eigenvalue weighted by Crippen LogP contribution is 2.36. The summed E-state index contributed by atoms with van der Waals surface area (Å²) in [6.45, 7) is 5.81. The van der Waals surface area contributed by atoms with Crippen molar-refractivity contribution >= 4 is 16.6 Å². The monoisotopic (exact) mass is 377 g/mol. The van der Waals surface area contributed by atoms with Crippen molar-refractivity contribution in [1.82, 2.24) is 10.3 Å². The maximum Gasteiger partial charge on any atom is 0.119 e. The van der Waals surface area contributed by atoms with Crippen molar-refractivity contribution in [2.45, 2.75) is 25.4 Å². The lowest BCUT2D eigenvalue weighted by atomic mass is 9.91. The number of hydrogen-bond acceptors (Lipinski definition) is 4. The summed E-state index contributed by atoms with van der Waals surface area (Å²) in [7, 11) is 1.73. The molecule has 2 aromatic carbocycles. The van der Waals surface area contributed by atoms with Gasteiger partial charge in [0, 0.05) is 41.4 Å². The molecule has 3 aromatic rings. The lowest BCUT2D eigenvalue weighted by Gasteiger charge is -2.31. The first-order chi connectivity index (χ1) is 13.7. The van der Waals surface area contributed by atoms with Crippen LogP contribution in [-0.4, -0.2) is 44.4 Å². The van der Waals surface area contributed by atoms with Gasteiger partial charge in [-0.3, -0.25) is 0 Å². The van der Waals surface area contributed by atoms with Crippen LogP contribution in [0.25, 0.3) is 10.9 Å². The first kappa shape index (κ1) is 17.6. The van der Waals surface area contributed by atoms with Crippen LogP contribution in [0.2, 0.25) is 0 Å². The van der Waals surface area contributed by atoms with Gasteiger partial charge in [0.2, 0.25) is 0 Å². The number of fused-ring (bicyclic) bond motifs is 3. The Balaban J connectivity index is 1.51. The molecule has 0 unspecified atom stereocenters. The molecule has 2 N–H and O–H groups in total. The van der Waals surface area contributed by atoms with Gasteiger partial charge in [-0.25, -0.2) is 0 Å². The fourth-order valence-corrected chi connectivity index (χ4v) is 4.54. The van der Waals surface area contributed by atoms with Gasteiger partial charge in [-0.05, 0) is 54.8 Å². The Morgan fingerprint density at radius 2 is 1.86 bits per heavy atom. The van der Waals surface area contributed by atoms with E-state index in [0.29, 0.717) is 6.04 Å². The predicted molar refractivity (Wildman–Crippen MR) is 112 cm³/mol. The molecule has 0 spiro atoms. The third-order valence-electron chi connectivity index (χ3n) is 6.00. The molecule has 28 heavy (non-hydrogen) atoms. The van der Waals surface area contributed by atoms with Gasteiger partial charge in [0.15, 0.2) is 0 Å². The minimum absolute atomic E-state index is 0.177. The molecule has 0 bridgehead atoms. The maximum atomic E-state index is 5.47. The van der Waals surface area contributed by atoms with E-state index in [2.05, 4.69) is 58.5 Å². The van der Waals surface area contributed by atoms with Crippen LogP contribution in [0.1, 0.15) is 29.8 Å². The standard InChI is InChI=1S/C23H27N3O2/c1-15-13-20-19-14-18(27-2)7-8-21(19)25-23(20)22(24-15)16-3-5-17(6-4-16)26-9-11-28-12-10-26/h3-8,14-15,22,24-25H,9-13H2,1-2H3/t15-,22-/m0/s1. The topological polar surface area (TPSA) is 49.5 Å². The third-order valence-corrected chi connectivity index (χ3v) is 6.00. The van der Waals surface area contributed by atoms with Gasteiger partial charge in [-0.15, -0.1) is 0 Å². The van der Waals surface area contributed by atoms with Crippen LogP contribution >= 0.6 is 0 Å². The summed E-state index contributed by atoms with van der Waals surface area (Å²) in [5.41, 5.74) is 6.43. The van der Waals surface area contributed by atoms with Gasteiger partial charge in [0.25, 0.3) is 0 Å². The zero-order chi connectivity index (χ0) is 19.1. The summed E-state index contributed by atoms with van der Waals surface area (Å²) >= 11 is 0. The van der Waals surface area contributed by atoms with Gasteiger partial charge >= 0.3 is 0 Å². The summed E-state index contributed by atoms with van der Waals surface area (Å²) in [6.07, 6.45) is 1.02. The number of morpholine rings is 1. The van der Waals surface area contributed by atoms with E-state index in [0.717, 1.165) is 38.5 Å². The number of rotatable bonds is 3. The summed E-state index contributed by atoms with van der Waals surface area (Å²) in [6, 6.07) is 15.9. The van der Waals surface area contributed by atoms with E-state index in [9.17, 15) is 0 Å². The quantitative estimate of drug-likeness (QED) is 0.732. The Morgan fingerprint density at radius 3 is 2.61 bits per heavy atom. The molecule has 2 aliphatic heterocycles. The first-order valence-electron chi connectivity index (χ1n) is 10.1. The fraction of sp³-hybridized carbons (Fsp3) is 0.391. The molecule has 1 saturated heterocycles. The molecule has 1 fully saturated rings. The molecule has 5 heteroatoms. The number of ether oxygens (including phenoxy) is 2. The lowest BCUT2D eigenvalue weighted by molar-refractivity contribution is 0.122. The predicted octanol–water partition coefficient (Wildman–Crippen LogP) is 3.64. The van der Waals surface area contributed by atoms with E-state index in [4.69, 9.17) is 9.47 Å². The highest BCUT2D eigenvalue weighted by Gasteiger charge is 2.29. The molecule has 3 heterocycles. The minimum Gasteiger partial charge on any atom is -0.497 e. The molecule has 5 nitrogen and oxygen atoms in total. The molecule has 146 valence electrons. The Hall–Kier alpha value is -2.50. The summed E-state index contributed by atoms with van der Waals surface area (Å²) < 4.78 is 10.9. The normalized spacial score (nSPS) is 22.3. The number of H-pyrrole nitrogens is 1. The second-order valence-electron chi connectivity index (χ2n) is 7.82. The number of benzene rings is 2. The average Bonchev–Trinajstić information content (AvgIpc) is 3.11. The molecule has 2 aliphatic rings. The number of hydrogen-bond donors (Lipinski definition) is 2. The van der Waals surface area contributed by atoms with Crippen molar-refractivity contribution in [3.8, 4) is 5.75 Å². The van der Waals surface area contributed by atoms with Crippen LogP contribution in [-0.2, 0) is 11.2 Å². The highest BCUT2D eigenvalue weighted by atomic mass is 16.5. The van der Waals surface area contributed by atoms with Crippen molar-refractivity contribution in [2.75, 3.05) is 38.3 Å². The van der Waals surface area contributed by atoms with Gasteiger partial charge in [-0.2, -0.15) is 0 Å². The third kappa shape index (κ3) is 3.05. The van der Waals surface area contributed by atoms with Crippen molar-refractivity contribution < 1.29 is 9.47 Å². The van der Waals surface area contributed by atoms with Crippen molar-refractivity contribution in [3.63, 3.8) is 0 Å². The Kier molecular flexibility index (Phi) is 4.49. The second kappa shape index (κ2) is 7.15. The van der Waals surface area contributed by atoms with E-state index in [1.54, 1.807) is 7.11 Å². The minimum atomic E-state index is 0.177. The fourth-order valence-electron chi connectivity index (χ4n) is 4.54. The SMILES string of the molecule is COc1ccc2[nH]c3c(c2c1)C[C@H](C)N[C@H]3c1ccc(N2CCOCC2)cc1. The molecular weight excluding hydrogens is 350 g/mol. The number of aromatic amines is 1. The largest absolute Gasteiger partial charge is 0.497 e. The van der Waals surface area contributed by atoms with Gasteiger partial charge < -0.3 is 24.7 Å². The number of nitrogens with zero attached hydrogens (tertiary/aromatic N) is 1. The van der Waals surface area contributed by atoms with E-state index < -0.39 is 0 Å². The van der Waals surface area contributed by atoms with E-state index in [1.807, 2.05) is 6.07 Å². The molecule has 5 rings (SSSR count). The molecule has 0 aliphatic carbocycles. The first-order valence-corrected chi connectivity index (χ1v) is 10.1. The summed E-state index contributed by atoms with van der Waals surface area (Å²) in [4.78, 5) is 6.06. The molecule has 0 radical (unpaired) electrons. The molecule has 0 saturated carbocycles. The van der Waals surface area contributed by atoms with Crippen LogP contribution in [0.4, 0.5) is 5.69 Å². The maximum absolute atomic E-state index is 5.47. The van der Waals surface area contributed by atoms with Crippen LogP contribution < -0.4 is 15.0 Å². The van der Waals surface area contributed by atoms with E-state index in [1.165, 1.54) is 33.4 Å². The van der Waals surface area contributed by atoms with Gasteiger partial charge in [-0.1, -0.05) is 12.1 Å². The molecule has 0 amide bonds. The number of aromatic nitrogens is 1. The smallest absolute Gasteiger partial charge is 0.119 e. The zero-order valence-electron chi connectivity index (χ0n) is 16.5. The number of anilines is 1. The Bertz CT molecular complexity index is 973. The van der Waals surface area contributed by atoms with Crippen LogP contribution in [0, 0.1) is 0 Å². The van der Waals surface area contributed by atoms with Crippen LogP contribution in [0.3, 0.4) is 0 Å². The van der Waals surface area contributed by atoms with Crippen LogP contribution in [0.5, 0.6) is 5.75 Å². The van der Waals surface area contributed by atoms with Crippen molar-refractivity contribution in [3.05, 3.63) is 59.3 Å². The number of methoxy groups -OCH3 is 1. The second-order valence-corrected chi connectivity index (χ2v) is 7.82. The van der Waals surface area contributed by atoms with Crippen LogP contribution in [0.15, 0.2) is 42.5 Å². The Morgan fingerprint density at radius 1 is 1.07 bits per heavy atom. The summed E-state index contributed by atoms with van der Waals surface area (Å²) in [5, 5.41) is 5.06. The zero-order valence-corrected chi connectivity index (χ0v) is 16.5. The Labute approximate surface area is 165 Å². The van der Waals surface area contributed by atoms with Gasteiger partial charge in [0.1, 0.15) is 5.75 Å². The number of nitrogens with one attached hydrogen (secondary N) is 2.